The average molecular weight is 904 g/mol. The highest BCUT2D eigenvalue weighted by Crippen LogP contribution is 2.29. The van der Waals surface area contributed by atoms with Gasteiger partial charge in [-0.25, -0.2) is 4.79 Å². The number of halogens is 1. The molecule has 0 atom stereocenters. The molecule has 1 amide bonds. The van der Waals surface area contributed by atoms with Crippen molar-refractivity contribution in [1.29, 1.82) is 0 Å². The Kier molecular flexibility index (Phi) is 15.4. The van der Waals surface area contributed by atoms with E-state index in [2.05, 4.69) is 25.1 Å². The molecule has 342 valence electrons. The number of nitrogens with one attached hydrogen (secondary N) is 3. The summed E-state index contributed by atoms with van der Waals surface area (Å²) in [6.07, 6.45) is 3.48. The number of aromatic amines is 2. The lowest BCUT2D eigenvalue weighted by molar-refractivity contribution is 0.0696. The number of amides is 1. The van der Waals surface area contributed by atoms with Crippen molar-refractivity contribution in [2.75, 3.05) is 80.6 Å². The van der Waals surface area contributed by atoms with Crippen LogP contribution >= 0.6 is 0 Å². The molecule has 6 N–H and O–H groups in total. The molecule has 4 heterocycles. The first-order chi connectivity index (χ1) is 33.1. The Hall–Kier alpha value is -8.07. The SMILES string of the molecule is Nc1ccc(-c2c[nH]c(=O)c3ccccc23)cc1.O=C(Nc1ccc(-c2c[nH]c(=O)c3ccccc23)cc1)c1ccc(N2CCOCC2)cc1.O=C(O)c1ccc(N2CCOCC2)cc1.[2H]CF. The van der Waals surface area contributed by atoms with E-state index in [-0.39, 0.29) is 17.0 Å². The van der Waals surface area contributed by atoms with Crippen LogP contribution in [-0.4, -0.2) is 86.7 Å². The summed E-state index contributed by atoms with van der Waals surface area (Å²) in [5.74, 6) is -1.04. The molecule has 6 aromatic carbocycles. The highest BCUT2D eigenvalue weighted by molar-refractivity contribution is 6.05. The summed E-state index contributed by atoms with van der Waals surface area (Å²) >= 11 is 0. The van der Waals surface area contributed by atoms with Gasteiger partial charge >= 0.3 is 5.97 Å². The predicted molar refractivity (Wildman–Crippen MR) is 265 cm³/mol. The molecule has 14 heteroatoms. The molecule has 0 bridgehead atoms. The minimum atomic E-state index is -1.00. The van der Waals surface area contributed by atoms with Gasteiger partial charge < -0.3 is 45.4 Å². The van der Waals surface area contributed by atoms with Gasteiger partial charge in [-0.2, -0.15) is 0 Å². The number of carboxylic acid groups (broad SMARTS) is 1. The number of carboxylic acids is 1. The zero-order valence-electron chi connectivity index (χ0n) is 37.6. The topological polar surface area (TPSA) is 183 Å². The Labute approximate surface area is 387 Å². The molecule has 0 spiro atoms. The smallest absolute Gasteiger partial charge is 0.335 e. The number of hydrogen-bond donors (Lipinski definition) is 5. The van der Waals surface area contributed by atoms with Crippen LogP contribution in [0.1, 0.15) is 22.1 Å². The molecule has 0 saturated carbocycles. The van der Waals surface area contributed by atoms with E-state index in [4.69, 9.17) is 21.7 Å². The van der Waals surface area contributed by atoms with Crippen molar-refractivity contribution in [3.8, 4) is 22.3 Å². The average Bonchev–Trinajstić information content (AvgIpc) is 3.39. The number of ether oxygens (including phenoxy) is 2. The summed E-state index contributed by atoms with van der Waals surface area (Å²) in [6.45, 7) is 6.39. The number of nitrogens with two attached hydrogens (primary N) is 1. The number of benzene rings is 6. The summed E-state index contributed by atoms with van der Waals surface area (Å²) in [4.78, 5) is 57.2. The predicted octanol–water partition coefficient (Wildman–Crippen LogP) is 8.87. The Morgan fingerprint density at radius 2 is 0.985 bits per heavy atom. The minimum absolute atomic E-state index is 0.0650. The van der Waals surface area contributed by atoms with E-state index >= 15 is 0 Å². The van der Waals surface area contributed by atoms with Gasteiger partial charge in [0, 0.05) is 88.8 Å². The van der Waals surface area contributed by atoms with Crippen molar-refractivity contribution < 1.29 is 29.9 Å². The zero-order valence-corrected chi connectivity index (χ0v) is 36.6. The first-order valence-corrected chi connectivity index (χ1v) is 21.6. The Balaban J connectivity index is 0.000000160. The second kappa shape index (κ2) is 22.7. The Morgan fingerprint density at radius 3 is 1.40 bits per heavy atom. The maximum Gasteiger partial charge on any atom is 0.335 e. The number of morpholine rings is 2. The van der Waals surface area contributed by atoms with Gasteiger partial charge in [0.2, 0.25) is 0 Å². The third-order valence-electron chi connectivity index (χ3n) is 11.3. The number of pyridine rings is 2. The van der Waals surface area contributed by atoms with Crippen LogP contribution < -0.4 is 32.0 Å². The van der Waals surface area contributed by atoms with Crippen LogP contribution in [-0.2, 0) is 9.47 Å². The highest BCUT2D eigenvalue weighted by Gasteiger charge is 2.14. The first-order valence-electron chi connectivity index (χ1n) is 22.3. The lowest BCUT2D eigenvalue weighted by Gasteiger charge is -2.28. The van der Waals surface area contributed by atoms with Crippen LogP contribution in [0.2, 0.25) is 0 Å². The Morgan fingerprint density at radius 1 is 0.597 bits per heavy atom. The number of aromatic carboxylic acids is 1. The maximum atomic E-state index is 12.7. The first kappa shape index (κ1) is 45.5. The van der Waals surface area contributed by atoms with Crippen molar-refractivity contribution in [2.45, 2.75) is 0 Å². The highest BCUT2D eigenvalue weighted by atomic mass is 19.1. The van der Waals surface area contributed by atoms with Crippen molar-refractivity contribution in [1.82, 2.24) is 9.97 Å². The number of fused-ring (bicyclic) bond motifs is 2. The van der Waals surface area contributed by atoms with Gasteiger partial charge in [-0.15, -0.1) is 0 Å². The van der Waals surface area contributed by atoms with Crippen molar-refractivity contribution in [3.05, 3.63) is 190 Å². The third kappa shape index (κ3) is 11.8. The number of nitrogen functional groups attached to an aromatic ring is 1. The quantitative estimate of drug-likeness (QED) is 0.0969. The van der Waals surface area contributed by atoms with Crippen LogP contribution in [0.25, 0.3) is 43.8 Å². The van der Waals surface area contributed by atoms with Crippen molar-refractivity contribution >= 4 is 56.2 Å². The molecule has 8 aromatic rings. The van der Waals surface area contributed by atoms with E-state index in [0.29, 0.717) is 27.6 Å². The van der Waals surface area contributed by atoms with Crippen LogP contribution in [0.3, 0.4) is 0 Å². The summed E-state index contributed by atoms with van der Waals surface area (Å²) in [5, 5.41) is 14.9. The summed E-state index contributed by atoms with van der Waals surface area (Å²) in [5.41, 5.74) is 14.0. The number of hydrogen-bond acceptors (Lipinski definition) is 9. The van der Waals surface area contributed by atoms with E-state index in [1.165, 1.54) is 0 Å². The number of nitrogens with zero attached hydrogens (tertiary/aromatic N) is 2. The fourth-order valence-corrected chi connectivity index (χ4v) is 7.78. The molecule has 2 aromatic heterocycles. The number of alkyl halides is 1. The van der Waals surface area contributed by atoms with Crippen molar-refractivity contribution in [3.63, 3.8) is 0 Å². The number of carbonyl (C=O) groups is 2. The van der Waals surface area contributed by atoms with Gasteiger partial charge in [0.05, 0.1) is 40.5 Å². The van der Waals surface area contributed by atoms with Crippen LogP contribution in [0.4, 0.5) is 27.1 Å². The van der Waals surface area contributed by atoms with E-state index < -0.39 is 13.1 Å². The third-order valence-corrected chi connectivity index (χ3v) is 11.3. The molecule has 0 aliphatic carbocycles. The Bertz CT molecular complexity index is 3050. The minimum Gasteiger partial charge on any atom is -0.478 e. The van der Waals surface area contributed by atoms with E-state index in [9.17, 15) is 23.6 Å². The molecule has 10 rings (SSSR count). The van der Waals surface area contributed by atoms with Gasteiger partial charge in [0.25, 0.3) is 17.0 Å². The van der Waals surface area contributed by atoms with E-state index in [1.54, 1.807) is 24.5 Å². The van der Waals surface area contributed by atoms with Gasteiger partial charge in [0.1, 0.15) is 0 Å². The number of aromatic nitrogens is 2. The number of anilines is 4. The normalized spacial score (nSPS) is 13.4. The standard InChI is InChI=1S/C26H23N3O3.C15H12N2O.C11H13NO3.CH3F/c30-25(19-7-11-21(12-8-19)29-13-15-32-16-14-29)28-20-9-5-18(6-10-20)24-17-27-26(31)23-4-2-1-3-22(23)24;16-11-7-5-10(6-8-11)14-9-17-15(18)13-4-2-1-3-12(13)14;13-11(14)9-1-3-10(4-2-9)12-5-7-15-8-6-12;1-2/h1-12,17H,13-16H2,(H,27,31)(H,28,30);1-9H,16H2,(H,17,18);1-4H,5-8H2,(H,13,14);1H3/i;;;1D. The van der Waals surface area contributed by atoms with Crippen LogP contribution in [0, 0.1) is 0 Å². The van der Waals surface area contributed by atoms with E-state index in [0.717, 1.165) is 103 Å². The summed E-state index contributed by atoms with van der Waals surface area (Å²) in [7, 11) is -1.00. The molecule has 2 fully saturated rings. The van der Waals surface area contributed by atoms with Crippen molar-refractivity contribution in [2.24, 2.45) is 0 Å². The molecule has 0 unspecified atom stereocenters. The fourth-order valence-electron chi connectivity index (χ4n) is 7.78. The maximum absolute atomic E-state index is 12.7. The molecule has 0 radical (unpaired) electrons. The summed E-state index contributed by atoms with van der Waals surface area (Å²) < 4.78 is 26.1. The second-order valence-electron chi connectivity index (χ2n) is 15.4. The lowest BCUT2D eigenvalue weighted by atomic mass is 10.0. The van der Waals surface area contributed by atoms with Gasteiger partial charge in [0.15, 0.2) is 0 Å². The van der Waals surface area contributed by atoms with E-state index in [1.807, 2.05) is 133 Å². The number of carbonyl (C=O) groups excluding carboxylic acids is 1. The molecule has 2 aliphatic rings. The fraction of sp³-hybridized carbons (Fsp3) is 0.170. The zero-order chi connectivity index (χ0) is 47.8. The van der Waals surface area contributed by atoms with Crippen LogP contribution in [0.5, 0.6) is 0 Å². The molecule has 2 aliphatic heterocycles. The van der Waals surface area contributed by atoms with Gasteiger partial charge in [-0.3, -0.25) is 18.8 Å². The number of rotatable bonds is 7. The van der Waals surface area contributed by atoms with Crippen LogP contribution in [0.15, 0.2) is 168 Å². The lowest BCUT2D eigenvalue weighted by Crippen LogP contribution is -2.36. The number of H-pyrrole nitrogens is 2. The van der Waals surface area contributed by atoms with Gasteiger partial charge in [-0.1, -0.05) is 60.7 Å². The monoisotopic (exact) mass is 903 g/mol. The summed E-state index contributed by atoms with van der Waals surface area (Å²) in [6, 6.07) is 45.0. The molecular weight excluding hydrogens is 852 g/mol. The molecular formula is C53H51FN6O7. The molecule has 67 heavy (non-hydrogen) atoms. The molecule has 2 saturated heterocycles. The largest absolute Gasteiger partial charge is 0.478 e. The second-order valence-corrected chi connectivity index (χ2v) is 15.4. The van der Waals surface area contributed by atoms with Gasteiger partial charge in [-0.05, 0) is 107 Å². The molecule has 13 nitrogen and oxygen atoms in total.